The first kappa shape index (κ1) is 18.7. The van der Waals surface area contributed by atoms with Gasteiger partial charge in [-0.2, -0.15) is 5.26 Å². The van der Waals surface area contributed by atoms with E-state index in [2.05, 4.69) is 5.32 Å². The van der Waals surface area contributed by atoms with Gasteiger partial charge in [0.05, 0.1) is 13.2 Å². The van der Waals surface area contributed by atoms with Crippen molar-refractivity contribution in [2.45, 2.75) is 13.3 Å². The molecule has 3 N–H and O–H groups in total. The summed E-state index contributed by atoms with van der Waals surface area (Å²) < 4.78 is 0. The van der Waals surface area contributed by atoms with Gasteiger partial charge in [-0.1, -0.05) is 29.8 Å². The molecular formula is C17H23N3O3. The summed E-state index contributed by atoms with van der Waals surface area (Å²) in [6, 6.07) is 10.0. The van der Waals surface area contributed by atoms with Crippen molar-refractivity contribution in [2.75, 3.05) is 32.8 Å². The first-order chi connectivity index (χ1) is 11.1. The Balaban J connectivity index is 2.55. The minimum Gasteiger partial charge on any atom is -0.395 e. The average molecular weight is 317 g/mol. The van der Waals surface area contributed by atoms with Gasteiger partial charge in [-0.15, -0.1) is 0 Å². The maximum absolute atomic E-state index is 12.1. The quantitative estimate of drug-likeness (QED) is 0.347. The zero-order valence-corrected chi connectivity index (χ0v) is 13.3. The van der Waals surface area contributed by atoms with E-state index in [0.717, 1.165) is 6.42 Å². The number of hydrogen-bond acceptors (Lipinski definition) is 5. The highest BCUT2D eigenvalue weighted by molar-refractivity contribution is 5.97. The third kappa shape index (κ3) is 6.51. The molecule has 0 bridgehead atoms. The number of aliphatic hydroxyl groups is 2. The zero-order chi connectivity index (χ0) is 17.1. The molecule has 0 saturated carbocycles. The van der Waals surface area contributed by atoms with Crippen LogP contribution < -0.4 is 5.32 Å². The number of aliphatic hydroxyl groups excluding tert-OH is 2. The van der Waals surface area contributed by atoms with Crippen LogP contribution in [0.15, 0.2) is 36.0 Å². The van der Waals surface area contributed by atoms with E-state index in [-0.39, 0.29) is 31.9 Å². The van der Waals surface area contributed by atoms with Gasteiger partial charge in [0.2, 0.25) is 0 Å². The number of amides is 1. The van der Waals surface area contributed by atoms with Gasteiger partial charge in [-0.25, -0.2) is 0 Å². The number of nitrogens with zero attached hydrogens (tertiary/aromatic N) is 2. The number of hydrogen-bond donors (Lipinski definition) is 3. The summed E-state index contributed by atoms with van der Waals surface area (Å²) in [4.78, 5) is 13.4. The van der Waals surface area contributed by atoms with Crippen LogP contribution in [0.5, 0.6) is 0 Å². The summed E-state index contributed by atoms with van der Waals surface area (Å²) in [5.41, 5.74) is 2.33. The number of nitriles is 1. The number of carbonyl (C=O) groups excluding carboxylic acids is 1. The molecule has 1 aromatic carbocycles. The van der Waals surface area contributed by atoms with Gasteiger partial charge in [0.15, 0.2) is 0 Å². The normalized spacial score (nSPS) is 11.0. The largest absolute Gasteiger partial charge is 0.395 e. The highest BCUT2D eigenvalue weighted by Crippen LogP contribution is 2.04. The van der Waals surface area contributed by atoms with Gasteiger partial charge < -0.3 is 20.4 Å². The van der Waals surface area contributed by atoms with Gasteiger partial charge >= 0.3 is 0 Å². The highest BCUT2D eigenvalue weighted by Gasteiger charge is 2.17. The van der Waals surface area contributed by atoms with Crippen molar-refractivity contribution >= 4 is 5.91 Å². The maximum Gasteiger partial charge on any atom is 0.266 e. The van der Waals surface area contributed by atoms with Crippen LogP contribution in [0.1, 0.15) is 11.1 Å². The molecule has 0 atom stereocenters. The van der Waals surface area contributed by atoms with E-state index in [1.54, 1.807) is 0 Å². The van der Waals surface area contributed by atoms with Crippen LogP contribution in [0, 0.1) is 18.3 Å². The van der Waals surface area contributed by atoms with Crippen molar-refractivity contribution < 1.29 is 15.0 Å². The summed E-state index contributed by atoms with van der Waals surface area (Å²) >= 11 is 0. The van der Waals surface area contributed by atoms with Gasteiger partial charge in [0, 0.05) is 25.8 Å². The minimum atomic E-state index is -0.501. The first-order valence-electron chi connectivity index (χ1n) is 7.52. The molecule has 124 valence electrons. The predicted octanol–water partition coefficient (Wildman–Crippen LogP) is 0.348. The lowest BCUT2D eigenvalue weighted by Gasteiger charge is -2.20. The Morgan fingerprint density at radius 1 is 1.26 bits per heavy atom. The van der Waals surface area contributed by atoms with Crippen molar-refractivity contribution in [3.63, 3.8) is 0 Å². The van der Waals surface area contributed by atoms with E-state index in [4.69, 9.17) is 15.5 Å². The number of benzene rings is 1. The highest BCUT2D eigenvalue weighted by atomic mass is 16.3. The van der Waals surface area contributed by atoms with Gasteiger partial charge in [0.25, 0.3) is 5.91 Å². The Morgan fingerprint density at radius 2 is 1.87 bits per heavy atom. The van der Waals surface area contributed by atoms with Crippen molar-refractivity contribution in [1.29, 1.82) is 5.26 Å². The maximum atomic E-state index is 12.1. The molecule has 0 aliphatic carbocycles. The number of aryl methyl sites for hydroxylation is 1. The molecule has 0 fully saturated rings. The molecule has 23 heavy (non-hydrogen) atoms. The second-order valence-electron chi connectivity index (χ2n) is 5.10. The number of carbonyl (C=O) groups is 1. The fourth-order valence-corrected chi connectivity index (χ4v) is 2.01. The van der Waals surface area contributed by atoms with Gasteiger partial charge in [0.1, 0.15) is 11.6 Å². The van der Waals surface area contributed by atoms with E-state index in [1.165, 1.54) is 22.2 Å². The standard InChI is InChI=1S/C17H23N3O3/c1-14-2-4-15(5-3-14)6-7-19-13-16(12-18)17(23)20(8-10-21)9-11-22/h2-5,13,19,21-22H,6-11H2,1H3/b16-13-. The monoisotopic (exact) mass is 317 g/mol. The van der Waals surface area contributed by atoms with Gasteiger partial charge in [-0.05, 0) is 18.9 Å². The van der Waals surface area contributed by atoms with Crippen LogP contribution in [0.25, 0.3) is 0 Å². The molecule has 0 radical (unpaired) electrons. The minimum absolute atomic E-state index is 0.0455. The summed E-state index contributed by atoms with van der Waals surface area (Å²) in [7, 11) is 0. The van der Waals surface area contributed by atoms with Crippen LogP contribution in [-0.4, -0.2) is 53.9 Å². The summed E-state index contributed by atoms with van der Waals surface area (Å²) in [5, 5.41) is 29.9. The molecule has 1 rings (SSSR count). The smallest absolute Gasteiger partial charge is 0.266 e. The molecule has 0 aliphatic heterocycles. The Morgan fingerprint density at radius 3 is 2.39 bits per heavy atom. The zero-order valence-electron chi connectivity index (χ0n) is 13.3. The Bertz CT molecular complexity index is 555. The summed E-state index contributed by atoms with van der Waals surface area (Å²) in [5.74, 6) is -0.501. The Kier molecular flexibility index (Phi) is 8.43. The van der Waals surface area contributed by atoms with E-state index in [9.17, 15) is 4.79 Å². The Hall–Kier alpha value is -2.36. The molecule has 0 aromatic heterocycles. The van der Waals surface area contributed by atoms with E-state index in [0.29, 0.717) is 6.54 Å². The molecule has 0 unspecified atom stereocenters. The molecular weight excluding hydrogens is 294 g/mol. The van der Waals surface area contributed by atoms with Gasteiger partial charge in [-0.3, -0.25) is 4.79 Å². The van der Waals surface area contributed by atoms with Crippen LogP contribution in [-0.2, 0) is 11.2 Å². The fourth-order valence-electron chi connectivity index (χ4n) is 2.01. The third-order valence-electron chi connectivity index (χ3n) is 3.30. The molecule has 0 heterocycles. The molecule has 1 amide bonds. The fraction of sp³-hybridized carbons (Fsp3) is 0.412. The summed E-state index contributed by atoms with van der Waals surface area (Å²) in [6.07, 6.45) is 2.17. The molecule has 1 aromatic rings. The van der Waals surface area contributed by atoms with Crippen LogP contribution >= 0.6 is 0 Å². The van der Waals surface area contributed by atoms with E-state index < -0.39 is 5.91 Å². The van der Waals surface area contributed by atoms with Crippen LogP contribution in [0.2, 0.25) is 0 Å². The molecule has 6 heteroatoms. The predicted molar refractivity (Wildman–Crippen MR) is 87.3 cm³/mol. The van der Waals surface area contributed by atoms with E-state index >= 15 is 0 Å². The molecule has 0 saturated heterocycles. The lowest BCUT2D eigenvalue weighted by atomic mass is 10.1. The van der Waals surface area contributed by atoms with Crippen LogP contribution in [0.3, 0.4) is 0 Å². The van der Waals surface area contributed by atoms with Crippen molar-refractivity contribution in [3.05, 3.63) is 47.2 Å². The number of nitrogens with one attached hydrogen (secondary N) is 1. The lowest BCUT2D eigenvalue weighted by Crippen LogP contribution is -2.37. The molecule has 0 aliphatic rings. The second kappa shape index (κ2) is 10.4. The topological polar surface area (TPSA) is 96.6 Å². The summed E-state index contributed by atoms with van der Waals surface area (Å²) in [6.45, 7) is 2.36. The second-order valence-corrected chi connectivity index (χ2v) is 5.10. The van der Waals surface area contributed by atoms with E-state index in [1.807, 2.05) is 37.3 Å². The Labute approximate surface area is 136 Å². The number of rotatable bonds is 9. The first-order valence-corrected chi connectivity index (χ1v) is 7.52. The van der Waals surface area contributed by atoms with Crippen molar-refractivity contribution in [3.8, 4) is 6.07 Å². The third-order valence-corrected chi connectivity index (χ3v) is 3.30. The average Bonchev–Trinajstić information content (AvgIpc) is 2.56. The van der Waals surface area contributed by atoms with Crippen molar-refractivity contribution in [2.24, 2.45) is 0 Å². The molecule has 0 spiro atoms. The van der Waals surface area contributed by atoms with Crippen molar-refractivity contribution in [1.82, 2.24) is 10.2 Å². The molecule has 6 nitrogen and oxygen atoms in total. The SMILES string of the molecule is Cc1ccc(CCN/C=C(/C#N)C(=O)N(CCO)CCO)cc1. The lowest BCUT2D eigenvalue weighted by molar-refractivity contribution is -0.127. The van der Waals surface area contributed by atoms with Crippen LogP contribution in [0.4, 0.5) is 0 Å².